The van der Waals surface area contributed by atoms with E-state index in [4.69, 9.17) is 14.7 Å². The molecule has 9 heteroatoms. The zero-order valence-electron chi connectivity index (χ0n) is 22.3. The van der Waals surface area contributed by atoms with Crippen LogP contribution in [0, 0.1) is 0 Å². The fraction of sp³-hybridized carbons (Fsp3) is 0.258. The fourth-order valence-corrected chi connectivity index (χ4v) is 5.21. The van der Waals surface area contributed by atoms with Crippen LogP contribution in [0.5, 0.6) is 0 Å². The highest BCUT2D eigenvalue weighted by Crippen LogP contribution is 2.36. The van der Waals surface area contributed by atoms with Gasteiger partial charge in [-0.2, -0.15) is 0 Å². The third-order valence-electron chi connectivity index (χ3n) is 7.32. The van der Waals surface area contributed by atoms with Crippen LogP contribution in [0.4, 0.5) is 0 Å². The highest BCUT2D eigenvalue weighted by Gasteiger charge is 2.29. The second kappa shape index (κ2) is 10.8. The van der Waals surface area contributed by atoms with E-state index in [1.54, 1.807) is 26.2 Å². The highest BCUT2D eigenvalue weighted by molar-refractivity contribution is 5.97. The second-order valence-corrected chi connectivity index (χ2v) is 9.77. The Balaban J connectivity index is 0.00000337. The molecule has 2 aliphatic heterocycles. The van der Waals surface area contributed by atoms with Crippen molar-refractivity contribution in [3.05, 3.63) is 89.6 Å². The summed E-state index contributed by atoms with van der Waals surface area (Å²) in [6.07, 6.45) is 7.28. The minimum absolute atomic E-state index is 0. The first-order valence-corrected chi connectivity index (χ1v) is 13.2. The molecule has 1 aromatic carbocycles. The summed E-state index contributed by atoms with van der Waals surface area (Å²) in [5.74, 6) is 0.626. The van der Waals surface area contributed by atoms with Crippen LogP contribution in [0.15, 0.2) is 72.4 Å². The number of ether oxygens (including phenoxy) is 1. The molecule has 2 aliphatic rings. The van der Waals surface area contributed by atoms with Crippen molar-refractivity contribution in [1.82, 2.24) is 29.7 Å². The number of carbonyl (C=O) groups excluding carboxylic acids is 2. The van der Waals surface area contributed by atoms with E-state index in [-0.39, 0.29) is 19.2 Å². The molecule has 0 unspecified atom stereocenters. The topological polar surface area (TPSA) is 102 Å². The molecule has 3 aromatic heterocycles. The van der Waals surface area contributed by atoms with Gasteiger partial charge in [0.1, 0.15) is 11.5 Å². The van der Waals surface area contributed by atoms with E-state index < -0.39 is 0 Å². The van der Waals surface area contributed by atoms with Crippen LogP contribution in [0.1, 0.15) is 36.3 Å². The molecule has 1 N–H and O–H groups in total. The van der Waals surface area contributed by atoms with Crippen molar-refractivity contribution in [1.29, 1.82) is 0 Å². The minimum atomic E-state index is -0.234. The lowest BCUT2D eigenvalue weighted by atomic mass is 10.0. The standard InChI is InChI=1S/C31H28N6O3.H2/c1-20(38)36-12-13-37-28(18-36)29(35-30(37)23-7-4-3-5-14-40-19-23)24-9-6-8-21-15-27(34-17-25(21)24)22-10-11-26(33-16-22)31(39)32-2;/h5-11,15-17,23H,12-14,18-19H2,1-2H3,(H,32,39);1H/t23-;/m0./s1. The largest absolute Gasteiger partial charge is 0.376 e. The Labute approximate surface area is 233 Å². The molecule has 0 aliphatic carbocycles. The number of benzene rings is 1. The second-order valence-electron chi connectivity index (χ2n) is 9.77. The van der Waals surface area contributed by atoms with Gasteiger partial charge in [-0.1, -0.05) is 29.7 Å². The molecular formula is C31H30N6O3. The summed E-state index contributed by atoms with van der Waals surface area (Å²) in [6, 6.07) is 11.7. The highest BCUT2D eigenvalue weighted by atomic mass is 16.5. The van der Waals surface area contributed by atoms with Gasteiger partial charge >= 0.3 is 0 Å². The van der Waals surface area contributed by atoms with Gasteiger partial charge in [-0.05, 0) is 35.7 Å². The number of hydrogen-bond donors (Lipinski definition) is 1. The van der Waals surface area contributed by atoms with Gasteiger partial charge in [-0.15, -0.1) is 0 Å². The van der Waals surface area contributed by atoms with Crippen molar-refractivity contribution in [3.63, 3.8) is 0 Å². The Morgan fingerprint density at radius 3 is 2.83 bits per heavy atom. The summed E-state index contributed by atoms with van der Waals surface area (Å²) in [5.41, 5.74) is 10.8. The van der Waals surface area contributed by atoms with E-state index >= 15 is 0 Å². The third kappa shape index (κ3) is 4.74. The summed E-state index contributed by atoms with van der Waals surface area (Å²) in [7, 11) is 1.58. The Morgan fingerprint density at radius 1 is 1.12 bits per heavy atom. The molecule has 0 bridgehead atoms. The Hall–Kier alpha value is -4.81. The summed E-state index contributed by atoms with van der Waals surface area (Å²) in [4.78, 5) is 40.2. The smallest absolute Gasteiger partial charge is 0.269 e. The number of nitrogens with one attached hydrogen (secondary N) is 1. The van der Waals surface area contributed by atoms with Gasteiger partial charge < -0.3 is 19.5 Å². The van der Waals surface area contributed by atoms with Gasteiger partial charge in [0.25, 0.3) is 5.91 Å². The number of aromatic nitrogens is 4. The summed E-state index contributed by atoms with van der Waals surface area (Å²) in [6.45, 7) is 4.35. The van der Waals surface area contributed by atoms with Crippen LogP contribution in [0.3, 0.4) is 0 Å². The molecule has 0 saturated heterocycles. The SMILES string of the molecule is CNC(=O)c1ccc(-c2cc3cccc(-c4nc([C@H]5C=C=C=CCOC5)n5c4CN(C(C)=O)CC5)c3cn2)cn1.[HH]. The monoisotopic (exact) mass is 534 g/mol. The quantitative estimate of drug-likeness (QED) is 0.396. The predicted molar refractivity (Wildman–Crippen MR) is 153 cm³/mol. The molecule has 0 radical (unpaired) electrons. The van der Waals surface area contributed by atoms with Gasteiger partial charge in [-0.25, -0.2) is 4.98 Å². The normalized spacial score (nSPS) is 16.4. The third-order valence-corrected chi connectivity index (χ3v) is 7.32. The average Bonchev–Trinajstić information content (AvgIpc) is 3.34. The lowest BCUT2D eigenvalue weighted by Gasteiger charge is -2.29. The van der Waals surface area contributed by atoms with Crippen LogP contribution in [0.2, 0.25) is 0 Å². The van der Waals surface area contributed by atoms with Gasteiger partial charge in [-0.3, -0.25) is 19.6 Å². The Bertz CT molecular complexity index is 1730. The lowest BCUT2D eigenvalue weighted by Crippen LogP contribution is -2.37. The molecule has 202 valence electrons. The fourth-order valence-electron chi connectivity index (χ4n) is 5.21. The van der Waals surface area contributed by atoms with Gasteiger partial charge in [0.15, 0.2) is 0 Å². The van der Waals surface area contributed by atoms with Crippen molar-refractivity contribution in [3.8, 4) is 22.5 Å². The Morgan fingerprint density at radius 2 is 2.02 bits per heavy atom. The number of pyridine rings is 2. The van der Waals surface area contributed by atoms with Crippen LogP contribution >= 0.6 is 0 Å². The van der Waals surface area contributed by atoms with Crippen LogP contribution in [0.25, 0.3) is 33.3 Å². The van der Waals surface area contributed by atoms with Crippen molar-refractivity contribution in [2.24, 2.45) is 0 Å². The van der Waals surface area contributed by atoms with Crippen LogP contribution in [-0.2, 0) is 22.6 Å². The average molecular weight is 535 g/mol. The van der Waals surface area contributed by atoms with E-state index in [1.807, 2.05) is 47.5 Å². The van der Waals surface area contributed by atoms with Crippen molar-refractivity contribution in [2.75, 3.05) is 26.8 Å². The first-order chi connectivity index (χ1) is 19.5. The molecule has 0 fully saturated rings. The molecule has 9 nitrogen and oxygen atoms in total. The zero-order chi connectivity index (χ0) is 27.6. The summed E-state index contributed by atoms with van der Waals surface area (Å²) in [5, 5.41) is 4.54. The maximum absolute atomic E-state index is 12.3. The first kappa shape index (κ1) is 25.5. The zero-order valence-corrected chi connectivity index (χ0v) is 22.3. The molecule has 4 aromatic rings. The maximum Gasteiger partial charge on any atom is 0.269 e. The molecule has 0 spiro atoms. The first-order valence-electron chi connectivity index (χ1n) is 13.2. The summed E-state index contributed by atoms with van der Waals surface area (Å²) >= 11 is 0. The van der Waals surface area contributed by atoms with Crippen molar-refractivity contribution < 1.29 is 15.8 Å². The molecule has 5 heterocycles. The summed E-state index contributed by atoms with van der Waals surface area (Å²) < 4.78 is 8.04. The number of fused-ring (bicyclic) bond motifs is 2. The number of carbonyl (C=O) groups is 2. The van der Waals surface area contributed by atoms with E-state index in [9.17, 15) is 9.59 Å². The van der Waals surface area contributed by atoms with Crippen molar-refractivity contribution in [2.45, 2.75) is 25.9 Å². The van der Waals surface area contributed by atoms with Crippen LogP contribution in [-0.4, -0.2) is 63.0 Å². The number of imidazole rings is 1. The van der Waals surface area contributed by atoms with Gasteiger partial charge in [0.2, 0.25) is 5.91 Å². The molecule has 0 saturated carbocycles. The van der Waals surface area contributed by atoms with E-state index in [0.717, 1.165) is 44.8 Å². The molecule has 6 rings (SSSR count). The van der Waals surface area contributed by atoms with E-state index in [1.165, 1.54) is 0 Å². The molecule has 2 amide bonds. The number of rotatable bonds is 4. The maximum atomic E-state index is 12.3. The number of nitrogens with zero attached hydrogens (tertiary/aromatic N) is 5. The number of hydrogen-bond acceptors (Lipinski definition) is 6. The van der Waals surface area contributed by atoms with E-state index in [2.05, 4.69) is 32.4 Å². The molecule has 1 atom stereocenters. The molecular weight excluding hydrogens is 504 g/mol. The van der Waals surface area contributed by atoms with E-state index in [0.29, 0.717) is 38.5 Å². The minimum Gasteiger partial charge on any atom is -0.376 e. The van der Waals surface area contributed by atoms with Gasteiger partial charge in [0.05, 0.1) is 42.8 Å². The van der Waals surface area contributed by atoms with Crippen LogP contribution < -0.4 is 5.32 Å². The van der Waals surface area contributed by atoms with Crippen molar-refractivity contribution >= 4 is 22.6 Å². The number of amides is 2. The Kier molecular flexibility index (Phi) is 6.84. The molecule has 40 heavy (non-hydrogen) atoms. The van der Waals surface area contributed by atoms with Gasteiger partial charge in [0, 0.05) is 57.4 Å². The predicted octanol–water partition coefficient (Wildman–Crippen LogP) is 4.11. The lowest BCUT2D eigenvalue weighted by molar-refractivity contribution is -0.130.